The van der Waals surface area contributed by atoms with Crippen molar-refractivity contribution in [1.29, 1.82) is 0 Å². The largest absolute Gasteiger partial charge is 0.465 e. The van der Waals surface area contributed by atoms with Gasteiger partial charge in [-0.2, -0.15) is 0 Å². The number of aromatic nitrogens is 2. The molecule has 0 aliphatic carbocycles. The van der Waals surface area contributed by atoms with Crippen molar-refractivity contribution in [3.8, 4) is 0 Å². The number of fused-ring (bicyclic) bond motifs is 3. The fourth-order valence-corrected chi connectivity index (χ4v) is 7.31. The lowest BCUT2D eigenvalue weighted by molar-refractivity contribution is 0.0992. The highest BCUT2D eigenvalue weighted by atomic mass is 16.4. The lowest BCUT2D eigenvalue weighted by Crippen LogP contribution is -2.45. The molecule has 7 nitrogen and oxygen atoms in total. The Kier molecular flexibility index (Phi) is 7.22. The Labute approximate surface area is 225 Å². The van der Waals surface area contributed by atoms with Crippen LogP contribution in [0.2, 0.25) is 0 Å². The smallest absolute Gasteiger partial charge is 0.405 e. The maximum absolute atomic E-state index is 11.5. The number of carboxylic acid groups (broad SMARTS) is 1. The van der Waals surface area contributed by atoms with Gasteiger partial charge in [0.15, 0.2) is 0 Å². The van der Waals surface area contributed by atoms with Gasteiger partial charge in [0, 0.05) is 56.4 Å². The van der Waals surface area contributed by atoms with Gasteiger partial charge >= 0.3 is 6.09 Å². The van der Waals surface area contributed by atoms with Crippen LogP contribution in [0.15, 0.2) is 60.7 Å². The van der Waals surface area contributed by atoms with E-state index in [0.29, 0.717) is 18.1 Å². The van der Waals surface area contributed by atoms with Crippen LogP contribution in [0.4, 0.5) is 4.79 Å². The van der Waals surface area contributed by atoms with Crippen molar-refractivity contribution in [1.82, 2.24) is 24.7 Å². The van der Waals surface area contributed by atoms with Gasteiger partial charge in [0.25, 0.3) is 0 Å². The number of piperidine rings is 1. The molecule has 2 fully saturated rings. The Morgan fingerprint density at radius 1 is 1.03 bits per heavy atom. The van der Waals surface area contributed by atoms with Crippen LogP contribution in [-0.2, 0) is 19.5 Å². The first kappa shape index (κ1) is 25.1. The van der Waals surface area contributed by atoms with E-state index in [1.165, 1.54) is 35.6 Å². The number of hydrogen-bond donors (Lipinski definition) is 2. The lowest BCUT2D eigenvalue weighted by Gasteiger charge is -2.41. The summed E-state index contributed by atoms with van der Waals surface area (Å²) in [6.07, 6.45) is 5.72. The standard InChI is InChI=1S/C31H39N5O2/c1-22-32-29-21-34(20-23-8-4-2-5-9-23)16-15-30(29)36(22)27-18-25-12-13-26(19-27)35(25)17-14-28(33-31(37)38)24-10-6-3-7-11-24/h2-11,25-28,33H,12-21H2,1H3,(H,37,38)/t25-,26+,27?,28-/m0/s1. The second kappa shape index (κ2) is 10.9. The number of hydrogen-bond acceptors (Lipinski definition) is 4. The molecule has 1 unspecified atom stereocenters. The number of amides is 1. The summed E-state index contributed by atoms with van der Waals surface area (Å²) in [7, 11) is 0. The van der Waals surface area contributed by atoms with Gasteiger partial charge in [0.2, 0.25) is 0 Å². The Balaban J connectivity index is 1.11. The second-order valence-electron chi connectivity index (χ2n) is 11.3. The van der Waals surface area contributed by atoms with Crippen LogP contribution < -0.4 is 5.32 Å². The number of carbonyl (C=O) groups is 1. The zero-order chi connectivity index (χ0) is 26.1. The van der Waals surface area contributed by atoms with E-state index in [1.807, 2.05) is 30.3 Å². The van der Waals surface area contributed by atoms with Gasteiger partial charge in [-0.15, -0.1) is 0 Å². The average Bonchev–Trinajstić information content (AvgIpc) is 3.37. The van der Waals surface area contributed by atoms with Gasteiger partial charge in [-0.05, 0) is 50.2 Å². The van der Waals surface area contributed by atoms with Crippen molar-refractivity contribution in [2.75, 3.05) is 13.1 Å². The van der Waals surface area contributed by atoms with Crippen molar-refractivity contribution in [2.45, 2.75) is 82.7 Å². The molecular formula is C31H39N5O2. The van der Waals surface area contributed by atoms with Gasteiger partial charge in [0.1, 0.15) is 5.82 Å². The fourth-order valence-electron chi connectivity index (χ4n) is 7.31. The van der Waals surface area contributed by atoms with E-state index in [4.69, 9.17) is 4.98 Å². The zero-order valence-corrected chi connectivity index (χ0v) is 22.3. The predicted molar refractivity (Wildman–Crippen MR) is 148 cm³/mol. The summed E-state index contributed by atoms with van der Waals surface area (Å²) in [6, 6.07) is 22.2. The normalized spacial score (nSPS) is 24.2. The van der Waals surface area contributed by atoms with E-state index in [-0.39, 0.29) is 6.04 Å². The first-order chi connectivity index (χ1) is 18.5. The van der Waals surface area contributed by atoms with Gasteiger partial charge in [0.05, 0.1) is 11.7 Å². The van der Waals surface area contributed by atoms with Crippen molar-refractivity contribution >= 4 is 6.09 Å². The summed E-state index contributed by atoms with van der Waals surface area (Å²) in [4.78, 5) is 21.7. The first-order valence-electron chi connectivity index (χ1n) is 14.2. The Bertz CT molecular complexity index is 1230. The van der Waals surface area contributed by atoms with Crippen LogP contribution in [-0.4, -0.2) is 55.7 Å². The molecule has 200 valence electrons. The highest BCUT2D eigenvalue weighted by Crippen LogP contribution is 2.43. The molecular weight excluding hydrogens is 474 g/mol. The Morgan fingerprint density at radius 2 is 1.71 bits per heavy atom. The molecule has 0 radical (unpaired) electrons. The highest BCUT2D eigenvalue weighted by Gasteiger charge is 2.42. The third-order valence-electron chi connectivity index (χ3n) is 8.96. The Hall–Kier alpha value is -3.16. The summed E-state index contributed by atoms with van der Waals surface area (Å²) < 4.78 is 2.59. The van der Waals surface area contributed by atoms with E-state index in [2.05, 4.69) is 56.9 Å². The second-order valence-corrected chi connectivity index (χ2v) is 11.3. The minimum Gasteiger partial charge on any atom is -0.465 e. The minimum atomic E-state index is -0.955. The molecule has 3 aliphatic heterocycles. The molecule has 2 bridgehead atoms. The van der Waals surface area contributed by atoms with Crippen molar-refractivity contribution < 1.29 is 9.90 Å². The monoisotopic (exact) mass is 513 g/mol. The van der Waals surface area contributed by atoms with Crippen LogP contribution in [0.25, 0.3) is 0 Å². The molecule has 7 heteroatoms. The van der Waals surface area contributed by atoms with Crippen LogP contribution in [0.1, 0.15) is 72.5 Å². The van der Waals surface area contributed by atoms with Crippen LogP contribution >= 0.6 is 0 Å². The van der Waals surface area contributed by atoms with Crippen molar-refractivity contribution in [3.63, 3.8) is 0 Å². The third-order valence-corrected chi connectivity index (χ3v) is 8.96. The number of nitrogens with one attached hydrogen (secondary N) is 1. The van der Waals surface area contributed by atoms with E-state index in [1.54, 1.807) is 0 Å². The quantitative estimate of drug-likeness (QED) is 0.427. The topological polar surface area (TPSA) is 73.6 Å². The molecule has 2 N–H and O–H groups in total. The molecule has 2 aromatic carbocycles. The molecule has 0 saturated carbocycles. The third kappa shape index (κ3) is 5.22. The summed E-state index contributed by atoms with van der Waals surface area (Å²) in [5.74, 6) is 1.17. The first-order valence-corrected chi connectivity index (χ1v) is 14.2. The molecule has 1 aromatic heterocycles. The number of imidazole rings is 1. The predicted octanol–water partition coefficient (Wildman–Crippen LogP) is 5.32. The summed E-state index contributed by atoms with van der Waals surface area (Å²) in [5, 5.41) is 12.2. The number of rotatable bonds is 8. The van der Waals surface area contributed by atoms with E-state index >= 15 is 0 Å². The maximum atomic E-state index is 11.5. The Morgan fingerprint density at radius 3 is 2.39 bits per heavy atom. The summed E-state index contributed by atoms with van der Waals surface area (Å²) in [5.41, 5.74) is 5.13. The van der Waals surface area contributed by atoms with E-state index in [9.17, 15) is 9.90 Å². The van der Waals surface area contributed by atoms with Crippen molar-refractivity contribution in [2.24, 2.45) is 0 Å². The van der Waals surface area contributed by atoms with E-state index in [0.717, 1.165) is 57.4 Å². The van der Waals surface area contributed by atoms with Gasteiger partial charge in [-0.3, -0.25) is 9.80 Å². The lowest BCUT2D eigenvalue weighted by atomic mass is 9.95. The molecule has 3 aromatic rings. The fraction of sp³-hybridized carbons (Fsp3) is 0.484. The maximum Gasteiger partial charge on any atom is 0.405 e. The molecule has 0 spiro atoms. The molecule has 3 aliphatic rings. The van der Waals surface area contributed by atoms with Crippen molar-refractivity contribution in [3.05, 3.63) is 89.0 Å². The molecule has 4 heterocycles. The zero-order valence-electron chi connectivity index (χ0n) is 22.3. The number of aryl methyl sites for hydroxylation is 1. The van der Waals surface area contributed by atoms with Gasteiger partial charge < -0.3 is 15.0 Å². The highest BCUT2D eigenvalue weighted by molar-refractivity contribution is 5.65. The molecule has 2 saturated heterocycles. The van der Waals surface area contributed by atoms with Crippen LogP contribution in [0, 0.1) is 6.92 Å². The van der Waals surface area contributed by atoms with Crippen LogP contribution in [0.3, 0.4) is 0 Å². The summed E-state index contributed by atoms with van der Waals surface area (Å²) >= 11 is 0. The molecule has 4 atom stereocenters. The average molecular weight is 514 g/mol. The molecule has 1 amide bonds. The molecule has 6 rings (SSSR count). The van der Waals surface area contributed by atoms with Gasteiger partial charge in [-0.1, -0.05) is 60.7 Å². The van der Waals surface area contributed by atoms with Crippen LogP contribution in [0.5, 0.6) is 0 Å². The van der Waals surface area contributed by atoms with E-state index < -0.39 is 6.09 Å². The number of nitrogens with zero attached hydrogens (tertiary/aromatic N) is 4. The molecule has 38 heavy (non-hydrogen) atoms. The van der Waals surface area contributed by atoms with Gasteiger partial charge in [-0.25, -0.2) is 9.78 Å². The minimum absolute atomic E-state index is 0.174. The SMILES string of the molecule is Cc1nc2c(n1C1C[C@H]3CC[C@@H](C1)N3CC[C@H](NC(=O)O)c1ccccc1)CCN(Cc1ccccc1)C2. The number of benzene rings is 2. The summed E-state index contributed by atoms with van der Waals surface area (Å²) in [6.45, 7) is 6.11.